The fraction of sp³-hybridized carbons (Fsp3) is 0.160. The number of hydrogen-bond acceptors (Lipinski definition) is 3. The van der Waals surface area contributed by atoms with E-state index in [1.165, 1.54) is 0 Å². The lowest BCUT2D eigenvalue weighted by Gasteiger charge is -2.12. The summed E-state index contributed by atoms with van der Waals surface area (Å²) in [5.41, 5.74) is 3.94. The fourth-order valence-electron chi connectivity index (χ4n) is 3.83. The second kappa shape index (κ2) is 8.81. The SMILES string of the molecule is Cc1cccc(C)c1NC(=O)Cn1cc(S(=O)(=O)Cc2ccccc2Cl)c2ccccc21. The van der Waals surface area contributed by atoms with Gasteiger partial charge in [-0.15, -0.1) is 0 Å². The molecule has 1 amide bonds. The van der Waals surface area contributed by atoms with Crippen molar-refractivity contribution in [1.82, 2.24) is 4.57 Å². The van der Waals surface area contributed by atoms with E-state index in [0.29, 0.717) is 21.5 Å². The van der Waals surface area contributed by atoms with Gasteiger partial charge in [0.15, 0.2) is 9.84 Å². The molecule has 164 valence electrons. The molecule has 0 saturated carbocycles. The van der Waals surface area contributed by atoms with Crippen molar-refractivity contribution < 1.29 is 13.2 Å². The molecular formula is C25H23ClN2O3S. The van der Waals surface area contributed by atoms with Crippen molar-refractivity contribution in [3.8, 4) is 0 Å². The number of halogens is 1. The first-order valence-electron chi connectivity index (χ1n) is 10.2. The molecule has 3 aromatic carbocycles. The standard InChI is InChI=1S/C25H23ClN2O3S/c1-17-8-7-9-18(2)25(17)27-24(29)15-28-14-23(20-11-4-6-13-22(20)28)32(30,31)16-19-10-3-5-12-21(19)26/h3-14H,15-16H2,1-2H3,(H,27,29). The zero-order chi connectivity index (χ0) is 22.9. The third-order valence-electron chi connectivity index (χ3n) is 5.45. The maximum absolute atomic E-state index is 13.3. The largest absolute Gasteiger partial charge is 0.337 e. The van der Waals surface area contributed by atoms with Crippen LogP contribution in [0.5, 0.6) is 0 Å². The number of sulfone groups is 1. The Balaban J connectivity index is 1.67. The van der Waals surface area contributed by atoms with E-state index in [-0.39, 0.29) is 23.1 Å². The lowest BCUT2D eigenvalue weighted by atomic mass is 10.1. The van der Waals surface area contributed by atoms with Crippen LogP contribution in [0.3, 0.4) is 0 Å². The van der Waals surface area contributed by atoms with Gasteiger partial charge in [-0.2, -0.15) is 0 Å². The van der Waals surface area contributed by atoms with Crippen LogP contribution in [0.4, 0.5) is 5.69 Å². The van der Waals surface area contributed by atoms with Crippen LogP contribution in [0.2, 0.25) is 5.02 Å². The number of hydrogen-bond donors (Lipinski definition) is 1. The summed E-state index contributed by atoms with van der Waals surface area (Å²) >= 11 is 6.19. The number of para-hydroxylation sites is 2. The first-order valence-corrected chi connectivity index (χ1v) is 12.2. The van der Waals surface area contributed by atoms with Crippen molar-refractivity contribution in [2.45, 2.75) is 31.0 Å². The van der Waals surface area contributed by atoms with Crippen molar-refractivity contribution in [3.63, 3.8) is 0 Å². The van der Waals surface area contributed by atoms with Gasteiger partial charge in [-0.25, -0.2) is 8.42 Å². The summed E-state index contributed by atoms with van der Waals surface area (Å²) in [5, 5.41) is 3.95. The molecule has 1 N–H and O–H groups in total. The van der Waals surface area contributed by atoms with Crippen LogP contribution < -0.4 is 5.32 Å². The molecule has 7 heteroatoms. The quantitative estimate of drug-likeness (QED) is 0.406. The van der Waals surface area contributed by atoms with Gasteiger partial charge in [0.25, 0.3) is 0 Å². The highest BCUT2D eigenvalue weighted by Crippen LogP contribution is 2.30. The Kier molecular flexibility index (Phi) is 6.09. The highest BCUT2D eigenvalue weighted by Gasteiger charge is 2.23. The Hall–Kier alpha value is -3.09. The lowest BCUT2D eigenvalue weighted by Crippen LogP contribution is -2.19. The minimum atomic E-state index is -3.69. The smallest absolute Gasteiger partial charge is 0.244 e. The molecule has 0 spiro atoms. The van der Waals surface area contributed by atoms with Gasteiger partial charge in [0.05, 0.1) is 10.6 Å². The van der Waals surface area contributed by atoms with Crippen molar-refractivity contribution in [3.05, 3.63) is 94.6 Å². The molecule has 0 aliphatic heterocycles. The topological polar surface area (TPSA) is 68.2 Å². The van der Waals surface area contributed by atoms with Gasteiger partial charge in [-0.05, 0) is 42.7 Å². The predicted molar refractivity (Wildman–Crippen MR) is 129 cm³/mol. The molecule has 0 aliphatic carbocycles. The Morgan fingerprint density at radius 3 is 2.31 bits per heavy atom. The van der Waals surface area contributed by atoms with E-state index in [4.69, 9.17) is 11.6 Å². The Morgan fingerprint density at radius 1 is 0.938 bits per heavy atom. The molecule has 1 aromatic heterocycles. The fourth-order valence-corrected chi connectivity index (χ4v) is 5.73. The van der Waals surface area contributed by atoms with E-state index in [1.54, 1.807) is 47.2 Å². The number of carbonyl (C=O) groups is 1. The maximum Gasteiger partial charge on any atom is 0.244 e. The highest BCUT2D eigenvalue weighted by molar-refractivity contribution is 7.90. The number of amides is 1. The van der Waals surface area contributed by atoms with Crippen molar-refractivity contribution in [2.75, 3.05) is 5.32 Å². The second-order valence-electron chi connectivity index (χ2n) is 7.80. The van der Waals surface area contributed by atoms with Crippen LogP contribution in [0.25, 0.3) is 10.9 Å². The van der Waals surface area contributed by atoms with E-state index in [0.717, 1.165) is 16.8 Å². The molecule has 32 heavy (non-hydrogen) atoms. The predicted octanol–water partition coefficient (Wildman–Crippen LogP) is 5.52. The Labute approximate surface area is 192 Å². The Bertz CT molecular complexity index is 1400. The average Bonchev–Trinajstić information content (AvgIpc) is 3.12. The van der Waals surface area contributed by atoms with Gasteiger partial charge >= 0.3 is 0 Å². The third kappa shape index (κ3) is 4.42. The average molecular weight is 467 g/mol. The third-order valence-corrected chi connectivity index (χ3v) is 7.51. The first-order chi connectivity index (χ1) is 15.3. The minimum Gasteiger partial charge on any atom is -0.337 e. The van der Waals surface area contributed by atoms with Crippen molar-refractivity contribution in [2.24, 2.45) is 0 Å². The van der Waals surface area contributed by atoms with Gasteiger partial charge in [0, 0.05) is 27.8 Å². The summed E-state index contributed by atoms with van der Waals surface area (Å²) in [6, 6.07) is 19.9. The Morgan fingerprint density at radius 2 is 1.59 bits per heavy atom. The summed E-state index contributed by atoms with van der Waals surface area (Å²) in [7, 11) is -3.69. The summed E-state index contributed by atoms with van der Waals surface area (Å²) in [6.45, 7) is 3.87. The number of carbonyl (C=O) groups excluding carboxylic acids is 1. The number of aryl methyl sites for hydroxylation is 2. The van der Waals surface area contributed by atoms with Crippen molar-refractivity contribution >= 4 is 43.9 Å². The van der Waals surface area contributed by atoms with E-state index < -0.39 is 9.84 Å². The molecule has 0 aliphatic rings. The maximum atomic E-state index is 13.3. The molecule has 4 rings (SSSR count). The van der Waals surface area contributed by atoms with Crippen LogP contribution in [0, 0.1) is 13.8 Å². The van der Waals surface area contributed by atoms with E-state index in [9.17, 15) is 13.2 Å². The number of nitrogens with one attached hydrogen (secondary N) is 1. The molecule has 5 nitrogen and oxygen atoms in total. The summed E-state index contributed by atoms with van der Waals surface area (Å²) in [4.78, 5) is 13.0. The van der Waals surface area contributed by atoms with E-state index in [2.05, 4.69) is 5.32 Å². The molecule has 0 bridgehead atoms. The van der Waals surface area contributed by atoms with Gasteiger partial charge in [0.1, 0.15) is 6.54 Å². The molecule has 0 atom stereocenters. The van der Waals surface area contributed by atoms with Gasteiger partial charge in [0.2, 0.25) is 5.91 Å². The minimum absolute atomic E-state index is 0.00407. The number of aromatic nitrogens is 1. The van der Waals surface area contributed by atoms with E-state index >= 15 is 0 Å². The van der Waals surface area contributed by atoms with Crippen molar-refractivity contribution in [1.29, 1.82) is 0 Å². The molecule has 4 aromatic rings. The van der Waals surface area contributed by atoms with Gasteiger partial charge < -0.3 is 9.88 Å². The molecule has 0 unspecified atom stereocenters. The lowest BCUT2D eigenvalue weighted by molar-refractivity contribution is -0.116. The molecule has 1 heterocycles. The number of benzene rings is 3. The number of rotatable bonds is 6. The van der Waals surface area contributed by atoms with Crippen LogP contribution >= 0.6 is 11.6 Å². The van der Waals surface area contributed by atoms with Crippen LogP contribution in [-0.4, -0.2) is 18.9 Å². The van der Waals surface area contributed by atoms with Crippen LogP contribution in [0.15, 0.2) is 77.8 Å². The van der Waals surface area contributed by atoms with Gasteiger partial charge in [-0.1, -0.05) is 66.2 Å². The number of fused-ring (bicyclic) bond motifs is 1. The van der Waals surface area contributed by atoms with Gasteiger partial charge in [-0.3, -0.25) is 4.79 Å². The number of anilines is 1. The highest BCUT2D eigenvalue weighted by atomic mass is 35.5. The monoisotopic (exact) mass is 466 g/mol. The molecule has 0 saturated heterocycles. The second-order valence-corrected chi connectivity index (χ2v) is 10.2. The number of nitrogens with zero attached hydrogens (tertiary/aromatic N) is 1. The zero-order valence-corrected chi connectivity index (χ0v) is 19.4. The molecule has 0 radical (unpaired) electrons. The molecule has 0 fully saturated rings. The van der Waals surface area contributed by atoms with Crippen LogP contribution in [0.1, 0.15) is 16.7 Å². The molecular weight excluding hydrogens is 444 g/mol. The van der Waals surface area contributed by atoms with Crippen LogP contribution in [-0.2, 0) is 26.9 Å². The van der Waals surface area contributed by atoms with E-state index in [1.807, 2.05) is 44.2 Å². The zero-order valence-electron chi connectivity index (χ0n) is 17.8. The summed E-state index contributed by atoms with van der Waals surface area (Å²) in [6.07, 6.45) is 1.54. The normalized spacial score (nSPS) is 11.6. The summed E-state index contributed by atoms with van der Waals surface area (Å²) in [5.74, 6) is -0.437. The first kappa shape index (κ1) is 22.1. The summed E-state index contributed by atoms with van der Waals surface area (Å²) < 4.78 is 28.2.